The molecule has 2 heterocycles. The second-order valence-electron chi connectivity index (χ2n) is 21.0. The van der Waals surface area contributed by atoms with Crippen LogP contribution in [0.5, 0.6) is 0 Å². The molecule has 2 fully saturated rings. The summed E-state index contributed by atoms with van der Waals surface area (Å²) in [5.74, 6) is -0.441. The van der Waals surface area contributed by atoms with E-state index in [-0.39, 0.29) is 27.3 Å². The maximum absolute atomic E-state index is 14.0. The number of ether oxygens (including phenoxy) is 3. The zero-order valence-electron chi connectivity index (χ0n) is 38.6. The van der Waals surface area contributed by atoms with Gasteiger partial charge in [0.05, 0.1) is 30.0 Å². The second-order valence-corrected chi connectivity index (χ2v) is 35.2. The van der Waals surface area contributed by atoms with E-state index >= 15 is 0 Å². The second kappa shape index (κ2) is 19.4. The molecule has 0 aromatic heterocycles. The van der Waals surface area contributed by atoms with Crippen LogP contribution in [0.25, 0.3) is 0 Å². The Kier molecular flexibility index (Phi) is 16.9. The average Bonchev–Trinajstić information content (AvgIpc) is 3.45. The summed E-state index contributed by atoms with van der Waals surface area (Å²) in [6.45, 7) is 43.8. The van der Waals surface area contributed by atoms with Gasteiger partial charge >= 0.3 is 5.97 Å². The summed E-state index contributed by atoms with van der Waals surface area (Å²) in [4.78, 5) is 14.0. The Morgan fingerprint density at radius 2 is 1.39 bits per heavy atom. The summed E-state index contributed by atoms with van der Waals surface area (Å²) in [5, 5.41) is 11.1. The van der Waals surface area contributed by atoms with E-state index in [1.807, 2.05) is 36.4 Å². The number of aliphatic hydroxyl groups excluding tert-OH is 1. The van der Waals surface area contributed by atoms with Crippen LogP contribution >= 0.6 is 0 Å². The molecule has 0 bridgehead atoms. The predicted molar refractivity (Wildman–Crippen MR) is 242 cm³/mol. The van der Waals surface area contributed by atoms with E-state index in [9.17, 15) is 9.90 Å². The first kappa shape index (κ1) is 49.7. The number of esters is 1. The van der Waals surface area contributed by atoms with Gasteiger partial charge in [0.15, 0.2) is 31.1 Å². The third-order valence-electron chi connectivity index (χ3n) is 13.3. The largest absolute Gasteiger partial charge is 0.453 e. The molecular weight excluding hydrogens is 765 g/mol. The normalized spacial score (nSPS) is 26.8. The number of carbonyl (C=O) groups excluding carboxylic acids is 1. The first-order chi connectivity index (χ1) is 26.0. The summed E-state index contributed by atoms with van der Waals surface area (Å²) in [6.07, 6.45) is 4.49. The Morgan fingerprint density at radius 3 is 1.88 bits per heavy atom. The van der Waals surface area contributed by atoms with Gasteiger partial charge < -0.3 is 32.6 Å². The number of benzene rings is 1. The molecule has 1 N–H and O–H groups in total. The molecule has 2 saturated heterocycles. The lowest BCUT2D eigenvalue weighted by molar-refractivity contribution is -0.227. The van der Waals surface area contributed by atoms with Gasteiger partial charge in [0, 0.05) is 0 Å². The highest BCUT2D eigenvalue weighted by Crippen LogP contribution is 2.46. The minimum absolute atomic E-state index is 0.0530. The molecule has 11 heteroatoms. The summed E-state index contributed by atoms with van der Waals surface area (Å²) >= 11 is 0. The van der Waals surface area contributed by atoms with Crippen LogP contribution in [0.4, 0.5) is 0 Å². The monoisotopic (exact) mass is 845 g/mol. The van der Waals surface area contributed by atoms with Crippen molar-refractivity contribution in [2.24, 2.45) is 0 Å². The van der Waals surface area contributed by atoms with Crippen molar-refractivity contribution in [3.8, 4) is 0 Å². The van der Waals surface area contributed by atoms with Crippen LogP contribution in [0.1, 0.15) is 112 Å². The van der Waals surface area contributed by atoms with Gasteiger partial charge in [-0.15, -0.1) is 6.58 Å². The first-order valence-electron chi connectivity index (χ1n) is 21.3. The van der Waals surface area contributed by atoms with Gasteiger partial charge in [-0.2, -0.15) is 0 Å². The van der Waals surface area contributed by atoms with Gasteiger partial charge in [-0.3, -0.25) is 0 Å². The van der Waals surface area contributed by atoms with E-state index < -0.39 is 73.6 Å². The molecule has 3 rings (SSSR count). The highest BCUT2D eigenvalue weighted by Gasteiger charge is 2.57. The third kappa shape index (κ3) is 12.9. The Labute approximate surface area is 350 Å². The molecule has 2 aliphatic heterocycles. The van der Waals surface area contributed by atoms with Crippen LogP contribution in [-0.2, 0) is 27.5 Å². The molecule has 57 heavy (non-hydrogen) atoms. The highest BCUT2D eigenvalue weighted by atomic mass is 28.4. The molecule has 1 aromatic carbocycles. The molecule has 1 aromatic rings. The van der Waals surface area contributed by atoms with Crippen LogP contribution in [0.15, 0.2) is 67.3 Å². The maximum Gasteiger partial charge on any atom is 0.338 e. The molecule has 0 spiro atoms. The number of carbonyl (C=O) groups is 1. The summed E-state index contributed by atoms with van der Waals surface area (Å²) in [7, 11) is -7.54. The van der Waals surface area contributed by atoms with Gasteiger partial charge in [0.1, 0.15) is 24.4 Å². The van der Waals surface area contributed by atoms with Crippen LogP contribution in [0.3, 0.4) is 0 Å². The minimum Gasteiger partial charge on any atom is -0.453 e. The van der Waals surface area contributed by atoms with E-state index in [0.717, 1.165) is 24.8 Å². The van der Waals surface area contributed by atoms with E-state index in [1.165, 1.54) is 0 Å². The number of rotatable bonds is 17. The van der Waals surface area contributed by atoms with Crippen LogP contribution in [-0.4, -0.2) is 91.0 Å². The predicted octanol–water partition coefficient (Wildman–Crippen LogP) is 11.5. The van der Waals surface area contributed by atoms with E-state index in [0.29, 0.717) is 18.4 Å². The molecule has 324 valence electrons. The van der Waals surface area contributed by atoms with Gasteiger partial charge in [0.2, 0.25) is 0 Å². The third-order valence-corrected chi connectivity index (χ3v) is 26.8. The quantitative estimate of drug-likeness (QED) is 0.0942. The zero-order valence-corrected chi connectivity index (χ0v) is 41.6. The smallest absolute Gasteiger partial charge is 0.338 e. The highest BCUT2D eigenvalue weighted by molar-refractivity contribution is 6.75. The van der Waals surface area contributed by atoms with E-state index in [1.54, 1.807) is 12.1 Å². The maximum atomic E-state index is 14.0. The van der Waals surface area contributed by atoms with E-state index in [4.69, 9.17) is 27.5 Å². The van der Waals surface area contributed by atoms with Gasteiger partial charge in [-0.1, -0.05) is 112 Å². The fourth-order valence-corrected chi connectivity index (χ4v) is 10.4. The molecule has 6 unspecified atom stereocenters. The fourth-order valence-electron chi connectivity index (χ4n) is 6.55. The molecule has 0 radical (unpaired) electrons. The number of hydrogen-bond donors (Lipinski definition) is 1. The van der Waals surface area contributed by atoms with Crippen LogP contribution in [0.2, 0.25) is 54.4 Å². The fraction of sp³-hybridized carbons (Fsp3) is 0.717. The Hall–Kier alpha value is -1.68. The number of aliphatic hydroxyl groups is 1. The standard InChI is InChI=1S/C46H80O8Si3/c1-19-24-37-39(51-43(48)33-25-22-21-23-26-33)41(53-56(15,16)45(7,8)9)42(54-57(17,18)46(10,11)12)40(50-37)38(52-55(13,14)44(4,5)6)30-28-34(47)27-29-35-31-32(3)36(20-2)49-35/h19,21-23,25-26,28,30,34-42,47H,1,3,20,24,27,29,31H2,2,4-18H3/b30-28+/t34?,35-,36-,37?,38?,39?,40-,41?,42?/m0/s1. The Balaban J connectivity index is 2.23. The van der Waals surface area contributed by atoms with Crippen molar-refractivity contribution in [2.75, 3.05) is 0 Å². The molecule has 8 nitrogen and oxygen atoms in total. The molecule has 0 aliphatic carbocycles. The van der Waals surface area contributed by atoms with Gasteiger partial charge in [0.25, 0.3) is 0 Å². The first-order valence-corrected chi connectivity index (χ1v) is 30.0. The van der Waals surface area contributed by atoms with Crippen LogP contribution in [0, 0.1) is 0 Å². The Bertz CT molecular complexity index is 1500. The lowest BCUT2D eigenvalue weighted by Crippen LogP contribution is -2.68. The molecule has 9 atom stereocenters. The SMILES string of the molecule is C=CCC1O[C@@H](C(/C=C/C(O)CC[C@H]2CC(=C)[C@H](CC)O2)O[Si](C)(C)C(C)(C)C)C(O[Si](C)(C)C(C)(C)C)C(O[Si](C)(C)C(C)(C)C)C1OC(=O)c1ccccc1. The molecule has 0 amide bonds. The summed E-state index contributed by atoms with van der Waals surface area (Å²) in [5.41, 5.74) is 1.59. The minimum atomic E-state index is -2.54. The molecule has 0 saturated carbocycles. The lowest BCUT2D eigenvalue weighted by atomic mass is 9.90. The summed E-state index contributed by atoms with van der Waals surface area (Å²) in [6, 6.07) is 9.08. The lowest BCUT2D eigenvalue weighted by Gasteiger charge is -2.54. The molecule has 2 aliphatic rings. The van der Waals surface area contributed by atoms with Crippen molar-refractivity contribution in [1.82, 2.24) is 0 Å². The van der Waals surface area contributed by atoms with Crippen molar-refractivity contribution in [2.45, 2.75) is 211 Å². The van der Waals surface area contributed by atoms with E-state index in [2.05, 4.69) is 122 Å². The van der Waals surface area contributed by atoms with Crippen molar-refractivity contribution < 1.29 is 37.4 Å². The number of hydrogen-bond acceptors (Lipinski definition) is 8. The van der Waals surface area contributed by atoms with Gasteiger partial charge in [-0.25, -0.2) is 4.79 Å². The van der Waals surface area contributed by atoms with Gasteiger partial charge in [-0.05, 0) is 104 Å². The Morgan fingerprint density at radius 1 is 0.842 bits per heavy atom. The molecular formula is C46H80O8Si3. The zero-order chi connectivity index (χ0) is 43.4. The van der Waals surface area contributed by atoms with Crippen molar-refractivity contribution >= 4 is 30.9 Å². The van der Waals surface area contributed by atoms with Crippen molar-refractivity contribution in [1.29, 1.82) is 0 Å². The van der Waals surface area contributed by atoms with Crippen molar-refractivity contribution in [3.63, 3.8) is 0 Å². The average molecular weight is 845 g/mol. The topological polar surface area (TPSA) is 92.7 Å². The summed E-state index contributed by atoms with van der Waals surface area (Å²) < 4.78 is 42.3. The van der Waals surface area contributed by atoms with Crippen molar-refractivity contribution in [3.05, 3.63) is 72.9 Å². The van der Waals surface area contributed by atoms with Crippen LogP contribution < -0.4 is 0 Å².